The topological polar surface area (TPSA) is 87.7 Å². The number of para-hydroxylation sites is 1. The molecule has 1 aromatic carbocycles. The van der Waals surface area contributed by atoms with Crippen LogP contribution in [0.15, 0.2) is 30.3 Å². The molecule has 2 N–H and O–H groups in total. The average Bonchev–Trinajstić information content (AvgIpc) is 3.06. The van der Waals surface area contributed by atoms with Gasteiger partial charge >= 0.3 is 5.97 Å². The van der Waals surface area contributed by atoms with Gasteiger partial charge < -0.3 is 15.4 Å². The van der Waals surface area contributed by atoms with Crippen LogP contribution in [0.5, 0.6) is 0 Å². The Kier molecular flexibility index (Phi) is 7.81. The Labute approximate surface area is 186 Å². The molecule has 2 amide bonds. The molecule has 1 aromatic heterocycles. The van der Waals surface area contributed by atoms with E-state index in [4.69, 9.17) is 4.74 Å². The van der Waals surface area contributed by atoms with Crippen LogP contribution >= 0.6 is 11.3 Å². The van der Waals surface area contributed by atoms with Crippen molar-refractivity contribution in [3.8, 4) is 0 Å². The minimum Gasteiger partial charge on any atom is -0.462 e. The van der Waals surface area contributed by atoms with Gasteiger partial charge in [-0.25, -0.2) is 4.79 Å². The highest BCUT2D eigenvalue weighted by Crippen LogP contribution is 2.34. The van der Waals surface area contributed by atoms with Gasteiger partial charge in [0.15, 0.2) is 0 Å². The van der Waals surface area contributed by atoms with Gasteiger partial charge in [-0.15, -0.1) is 11.3 Å². The lowest BCUT2D eigenvalue weighted by Gasteiger charge is -2.29. The van der Waals surface area contributed by atoms with Crippen LogP contribution in [-0.2, 0) is 9.53 Å². The van der Waals surface area contributed by atoms with Gasteiger partial charge in [-0.05, 0) is 63.4 Å². The largest absolute Gasteiger partial charge is 0.462 e. The van der Waals surface area contributed by atoms with E-state index in [1.54, 1.807) is 26.0 Å². The van der Waals surface area contributed by atoms with Crippen molar-refractivity contribution in [2.75, 3.05) is 36.9 Å². The zero-order valence-electron chi connectivity index (χ0n) is 18.2. The first-order valence-corrected chi connectivity index (χ1v) is 11.4. The second-order valence-corrected chi connectivity index (χ2v) is 8.83. The fourth-order valence-electron chi connectivity index (χ4n) is 3.57. The smallest absolute Gasteiger partial charge is 0.348 e. The lowest BCUT2D eigenvalue weighted by Crippen LogP contribution is -2.38. The SMILES string of the molecule is CCOC(=O)c1sc(NC(=O)CN2CCC(C)CC2)c(C(=O)Nc2ccccc2)c1C. The maximum atomic E-state index is 13.0. The van der Waals surface area contributed by atoms with E-state index < -0.39 is 5.97 Å². The zero-order valence-corrected chi connectivity index (χ0v) is 19.0. The maximum absolute atomic E-state index is 13.0. The van der Waals surface area contributed by atoms with Crippen molar-refractivity contribution in [2.45, 2.75) is 33.6 Å². The van der Waals surface area contributed by atoms with Crippen molar-refractivity contribution < 1.29 is 19.1 Å². The summed E-state index contributed by atoms with van der Waals surface area (Å²) in [5, 5.41) is 6.07. The van der Waals surface area contributed by atoms with Crippen molar-refractivity contribution in [1.82, 2.24) is 4.90 Å². The van der Waals surface area contributed by atoms with E-state index >= 15 is 0 Å². The average molecular weight is 444 g/mol. The summed E-state index contributed by atoms with van der Waals surface area (Å²) < 4.78 is 5.13. The van der Waals surface area contributed by atoms with E-state index in [0.29, 0.717) is 27.0 Å². The lowest BCUT2D eigenvalue weighted by molar-refractivity contribution is -0.117. The molecular weight excluding hydrogens is 414 g/mol. The van der Waals surface area contributed by atoms with Crippen molar-refractivity contribution in [2.24, 2.45) is 5.92 Å². The normalized spacial score (nSPS) is 14.8. The molecule has 0 saturated carbocycles. The van der Waals surface area contributed by atoms with Gasteiger partial charge in [0.1, 0.15) is 9.88 Å². The van der Waals surface area contributed by atoms with Crippen molar-refractivity contribution in [1.29, 1.82) is 0 Å². The molecule has 166 valence electrons. The van der Waals surface area contributed by atoms with E-state index in [0.717, 1.165) is 37.3 Å². The second-order valence-electron chi connectivity index (χ2n) is 7.81. The number of likely N-dealkylation sites (tertiary alicyclic amines) is 1. The molecule has 31 heavy (non-hydrogen) atoms. The van der Waals surface area contributed by atoms with Gasteiger partial charge in [-0.1, -0.05) is 25.1 Å². The molecule has 1 saturated heterocycles. The van der Waals surface area contributed by atoms with Crippen LogP contribution in [0.4, 0.5) is 10.7 Å². The Morgan fingerprint density at radius 1 is 1.13 bits per heavy atom. The number of carbonyl (C=O) groups is 3. The molecule has 0 unspecified atom stereocenters. The van der Waals surface area contributed by atoms with Crippen LogP contribution in [0.2, 0.25) is 0 Å². The molecule has 2 heterocycles. The molecule has 2 aromatic rings. The first-order chi connectivity index (χ1) is 14.9. The highest BCUT2D eigenvalue weighted by Gasteiger charge is 2.27. The number of thiophene rings is 1. The number of esters is 1. The summed E-state index contributed by atoms with van der Waals surface area (Å²) >= 11 is 1.08. The van der Waals surface area contributed by atoms with Crippen LogP contribution in [0.3, 0.4) is 0 Å². The third kappa shape index (κ3) is 5.92. The van der Waals surface area contributed by atoms with Gasteiger partial charge in [0.25, 0.3) is 5.91 Å². The molecule has 0 aliphatic carbocycles. The van der Waals surface area contributed by atoms with Gasteiger partial charge in [0.05, 0.1) is 18.7 Å². The number of nitrogens with one attached hydrogen (secondary N) is 2. The van der Waals surface area contributed by atoms with Gasteiger partial charge in [0, 0.05) is 5.69 Å². The quantitative estimate of drug-likeness (QED) is 0.628. The first kappa shape index (κ1) is 23.0. The monoisotopic (exact) mass is 443 g/mol. The summed E-state index contributed by atoms with van der Waals surface area (Å²) in [7, 11) is 0. The summed E-state index contributed by atoms with van der Waals surface area (Å²) in [6.45, 7) is 7.91. The third-order valence-electron chi connectivity index (χ3n) is 5.36. The van der Waals surface area contributed by atoms with Crippen LogP contribution in [0.25, 0.3) is 0 Å². The first-order valence-electron chi connectivity index (χ1n) is 10.6. The molecule has 0 radical (unpaired) electrons. The molecule has 1 aliphatic heterocycles. The highest BCUT2D eigenvalue weighted by atomic mass is 32.1. The number of ether oxygens (including phenoxy) is 1. The minimum atomic E-state index is -0.496. The number of amides is 2. The van der Waals surface area contributed by atoms with E-state index in [1.165, 1.54) is 0 Å². The molecule has 3 rings (SSSR count). The summed E-state index contributed by atoms with van der Waals surface area (Å²) in [5.41, 5.74) is 1.42. The lowest BCUT2D eigenvalue weighted by atomic mass is 9.99. The zero-order chi connectivity index (χ0) is 22.4. The summed E-state index contributed by atoms with van der Waals surface area (Å²) in [5.74, 6) is -0.387. The minimum absolute atomic E-state index is 0.194. The standard InChI is InChI=1S/C23H29N3O4S/c1-4-30-23(29)20-16(3)19(21(28)24-17-8-6-5-7-9-17)22(31-20)25-18(27)14-26-12-10-15(2)11-13-26/h5-9,15H,4,10-14H2,1-3H3,(H,24,28)(H,25,27). The molecular formula is C23H29N3O4S. The van der Waals surface area contributed by atoms with Crippen molar-refractivity contribution >= 4 is 39.8 Å². The van der Waals surface area contributed by atoms with Crippen LogP contribution < -0.4 is 10.6 Å². The predicted molar refractivity (Wildman–Crippen MR) is 123 cm³/mol. The van der Waals surface area contributed by atoms with Crippen LogP contribution in [0, 0.1) is 12.8 Å². The fraction of sp³-hybridized carbons (Fsp3) is 0.435. The fourth-order valence-corrected chi connectivity index (χ4v) is 4.69. The summed E-state index contributed by atoms with van der Waals surface area (Å²) in [6.07, 6.45) is 2.15. The Morgan fingerprint density at radius 2 is 1.81 bits per heavy atom. The number of rotatable bonds is 7. The number of benzene rings is 1. The number of nitrogens with zero attached hydrogens (tertiary/aromatic N) is 1. The third-order valence-corrected chi connectivity index (χ3v) is 6.55. The summed E-state index contributed by atoms with van der Waals surface area (Å²) in [4.78, 5) is 40.6. The van der Waals surface area contributed by atoms with E-state index in [9.17, 15) is 14.4 Å². The second kappa shape index (κ2) is 10.5. The Bertz CT molecular complexity index is 934. The maximum Gasteiger partial charge on any atom is 0.348 e. The van der Waals surface area contributed by atoms with Crippen molar-refractivity contribution in [3.63, 3.8) is 0 Å². The molecule has 0 spiro atoms. The number of carbonyl (C=O) groups excluding carboxylic acids is 3. The molecule has 1 aliphatic rings. The number of piperidine rings is 1. The van der Waals surface area contributed by atoms with Crippen LogP contribution in [-0.4, -0.2) is 48.9 Å². The molecule has 0 bridgehead atoms. The molecule has 0 atom stereocenters. The van der Waals surface area contributed by atoms with Crippen molar-refractivity contribution in [3.05, 3.63) is 46.3 Å². The number of hydrogen-bond donors (Lipinski definition) is 2. The van der Waals surface area contributed by atoms with Gasteiger partial charge in [-0.3, -0.25) is 14.5 Å². The number of anilines is 2. The van der Waals surface area contributed by atoms with Gasteiger partial charge in [0.2, 0.25) is 5.91 Å². The Balaban J connectivity index is 1.81. The van der Waals surface area contributed by atoms with E-state index in [-0.39, 0.29) is 30.5 Å². The molecule has 1 fully saturated rings. The molecule has 8 heteroatoms. The predicted octanol–water partition coefficient (Wildman–Crippen LogP) is 4.16. The van der Waals surface area contributed by atoms with E-state index in [1.807, 2.05) is 18.2 Å². The Morgan fingerprint density at radius 3 is 2.45 bits per heavy atom. The van der Waals surface area contributed by atoms with E-state index in [2.05, 4.69) is 22.5 Å². The van der Waals surface area contributed by atoms with Crippen LogP contribution in [0.1, 0.15) is 52.3 Å². The Hall–Kier alpha value is -2.71. The molecule has 7 nitrogen and oxygen atoms in total. The summed E-state index contributed by atoms with van der Waals surface area (Å²) in [6, 6.07) is 9.06. The number of hydrogen-bond acceptors (Lipinski definition) is 6. The highest BCUT2D eigenvalue weighted by molar-refractivity contribution is 7.18. The van der Waals surface area contributed by atoms with Gasteiger partial charge in [-0.2, -0.15) is 0 Å².